The van der Waals surface area contributed by atoms with Crippen molar-refractivity contribution in [3.63, 3.8) is 0 Å². The van der Waals surface area contributed by atoms with Gasteiger partial charge in [-0.15, -0.1) is 0 Å². The van der Waals surface area contributed by atoms with Crippen LogP contribution in [0.5, 0.6) is 5.75 Å². The molecule has 1 fully saturated rings. The highest BCUT2D eigenvalue weighted by atomic mass is 16.5. The van der Waals surface area contributed by atoms with Gasteiger partial charge in [-0.25, -0.2) is 4.98 Å². The second kappa shape index (κ2) is 6.53. The van der Waals surface area contributed by atoms with E-state index in [1.165, 1.54) is 12.8 Å². The number of hydrogen-bond acceptors (Lipinski definition) is 4. The van der Waals surface area contributed by atoms with Crippen LogP contribution in [0, 0.1) is 12.8 Å². The summed E-state index contributed by atoms with van der Waals surface area (Å²) in [5.74, 6) is 3.63. The minimum absolute atomic E-state index is 0.381. The number of ether oxygens (including phenoxy) is 1. The molecule has 1 saturated heterocycles. The van der Waals surface area contributed by atoms with E-state index >= 15 is 0 Å². The number of nitrogens with one attached hydrogen (secondary N) is 1. The first-order valence-electron chi connectivity index (χ1n) is 8.04. The van der Waals surface area contributed by atoms with E-state index in [0.717, 1.165) is 41.6 Å². The van der Waals surface area contributed by atoms with Gasteiger partial charge in [-0.2, -0.15) is 0 Å². The van der Waals surface area contributed by atoms with Gasteiger partial charge in [-0.3, -0.25) is 0 Å². The van der Waals surface area contributed by atoms with E-state index in [1.54, 1.807) is 7.11 Å². The van der Waals surface area contributed by atoms with Gasteiger partial charge in [0, 0.05) is 12.1 Å². The van der Waals surface area contributed by atoms with E-state index in [-0.39, 0.29) is 0 Å². The van der Waals surface area contributed by atoms with Crippen LogP contribution in [0.1, 0.15) is 37.1 Å². The molecule has 4 heteroatoms. The first-order valence-corrected chi connectivity index (χ1v) is 8.04. The van der Waals surface area contributed by atoms with Gasteiger partial charge < -0.3 is 14.5 Å². The van der Waals surface area contributed by atoms with E-state index in [4.69, 9.17) is 9.15 Å². The van der Waals surface area contributed by atoms with Crippen molar-refractivity contribution in [2.24, 2.45) is 5.92 Å². The molecule has 1 aromatic heterocycles. The maximum atomic E-state index is 6.08. The van der Waals surface area contributed by atoms with Gasteiger partial charge in [-0.1, -0.05) is 13.3 Å². The van der Waals surface area contributed by atoms with Crippen LogP contribution in [0.15, 0.2) is 28.8 Å². The van der Waals surface area contributed by atoms with Crippen LogP contribution in [0.25, 0.3) is 11.3 Å². The van der Waals surface area contributed by atoms with E-state index < -0.39 is 0 Å². The fourth-order valence-corrected chi connectivity index (χ4v) is 3.31. The Hall–Kier alpha value is -1.81. The van der Waals surface area contributed by atoms with Crippen LogP contribution in [-0.4, -0.2) is 25.2 Å². The highest BCUT2D eigenvalue weighted by Crippen LogP contribution is 2.34. The Balaban J connectivity index is 1.85. The molecule has 1 aliphatic heterocycles. The van der Waals surface area contributed by atoms with Crippen molar-refractivity contribution in [1.82, 2.24) is 10.3 Å². The molecule has 22 heavy (non-hydrogen) atoms. The number of aryl methyl sites for hydroxylation is 1. The molecular weight excluding hydrogens is 276 g/mol. The number of piperidine rings is 1. The lowest BCUT2D eigenvalue weighted by molar-refractivity contribution is 0.275. The summed E-state index contributed by atoms with van der Waals surface area (Å²) in [6.07, 6.45) is 4.21. The predicted molar refractivity (Wildman–Crippen MR) is 87.2 cm³/mol. The summed E-state index contributed by atoms with van der Waals surface area (Å²) >= 11 is 0. The third-order valence-electron chi connectivity index (χ3n) is 4.67. The highest BCUT2D eigenvalue weighted by Gasteiger charge is 2.28. The molecule has 0 bridgehead atoms. The SMILES string of the molecule is CCC1CCNCC1c1ncc(-c2ccc(OC)c(C)c2)o1. The fourth-order valence-electron chi connectivity index (χ4n) is 3.31. The summed E-state index contributed by atoms with van der Waals surface area (Å²) in [6.45, 7) is 6.35. The molecule has 1 aliphatic rings. The van der Waals surface area contributed by atoms with Gasteiger partial charge in [0.2, 0.25) is 0 Å². The normalized spacial score (nSPS) is 21.8. The topological polar surface area (TPSA) is 47.3 Å². The predicted octanol–water partition coefficient (Wildman–Crippen LogP) is 3.76. The molecule has 1 aromatic carbocycles. The van der Waals surface area contributed by atoms with Gasteiger partial charge in [0.1, 0.15) is 5.75 Å². The van der Waals surface area contributed by atoms with Crippen LogP contribution in [0.4, 0.5) is 0 Å². The first-order chi connectivity index (χ1) is 10.7. The molecule has 2 heterocycles. The zero-order valence-electron chi connectivity index (χ0n) is 13.6. The zero-order chi connectivity index (χ0) is 15.5. The van der Waals surface area contributed by atoms with Gasteiger partial charge in [-0.05, 0) is 49.6 Å². The molecule has 0 saturated carbocycles. The number of benzene rings is 1. The van der Waals surface area contributed by atoms with Gasteiger partial charge in [0.05, 0.1) is 19.2 Å². The second-order valence-corrected chi connectivity index (χ2v) is 6.01. The minimum Gasteiger partial charge on any atom is -0.496 e. The minimum atomic E-state index is 0.381. The quantitative estimate of drug-likeness (QED) is 0.934. The summed E-state index contributed by atoms with van der Waals surface area (Å²) in [5.41, 5.74) is 2.15. The Morgan fingerprint density at radius 3 is 3.00 bits per heavy atom. The molecule has 2 unspecified atom stereocenters. The molecule has 4 nitrogen and oxygen atoms in total. The lowest BCUT2D eigenvalue weighted by Crippen LogP contribution is -2.35. The third kappa shape index (κ3) is 2.88. The number of aromatic nitrogens is 1. The molecule has 2 aromatic rings. The second-order valence-electron chi connectivity index (χ2n) is 6.01. The third-order valence-corrected chi connectivity index (χ3v) is 4.67. The molecule has 3 rings (SSSR count). The van der Waals surface area contributed by atoms with Crippen LogP contribution >= 0.6 is 0 Å². The number of methoxy groups -OCH3 is 1. The fraction of sp³-hybridized carbons (Fsp3) is 0.500. The van der Waals surface area contributed by atoms with Gasteiger partial charge in [0.15, 0.2) is 11.7 Å². The summed E-state index contributed by atoms with van der Waals surface area (Å²) in [7, 11) is 1.69. The van der Waals surface area contributed by atoms with Crippen molar-refractivity contribution < 1.29 is 9.15 Å². The van der Waals surface area contributed by atoms with Crippen molar-refractivity contribution in [2.45, 2.75) is 32.6 Å². The lowest BCUT2D eigenvalue weighted by Gasteiger charge is -2.29. The van der Waals surface area contributed by atoms with Crippen molar-refractivity contribution in [1.29, 1.82) is 0 Å². The van der Waals surface area contributed by atoms with Crippen LogP contribution < -0.4 is 10.1 Å². The van der Waals surface area contributed by atoms with E-state index in [1.807, 2.05) is 25.3 Å². The molecular formula is C18H24N2O2. The molecule has 0 spiro atoms. The van der Waals surface area contributed by atoms with Crippen molar-refractivity contribution >= 4 is 0 Å². The number of hydrogen-bond donors (Lipinski definition) is 1. The molecule has 2 atom stereocenters. The standard InChI is InChI=1S/C18H24N2O2/c1-4-13-7-8-19-10-15(13)18-20-11-17(22-18)14-5-6-16(21-3)12(2)9-14/h5-6,9,11,13,15,19H,4,7-8,10H2,1-3H3. The molecule has 0 radical (unpaired) electrons. The van der Waals surface area contributed by atoms with Crippen LogP contribution in [-0.2, 0) is 0 Å². The number of oxazole rings is 1. The van der Waals surface area contributed by atoms with E-state index in [2.05, 4.69) is 23.3 Å². The Morgan fingerprint density at radius 1 is 1.41 bits per heavy atom. The lowest BCUT2D eigenvalue weighted by atomic mass is 9.84. The monoisotopic (exact) mass is 300 g/mol. The van der Waals surface area contributed by atoms with Crippen molar-refractivity contribution in [2.75, 3.05) is 20.2 Å². The van der Waals surface area contributed by atoms with Crippen molar-refractivity contribution in [3.8, 4) is 17.1 Å². The Labute approximate surface area is 131 Å². The Morgan fingerprint density at radius 2 is 2.27 bits per heavy atom. The van der Waals surface area contributed by atoms with E-state index in [0.29, 0.717) is 11.8 Å². The van der Waals surface area contributed by atoms with Crippen LogP contribution in [0.2, 0.25) is 0 Å². The number of rotatable bonds is 4. The maximum Gasteiger partial charge on any atom is 0.199 e. The maximum absolute atomic E-state index is 6.08. The Kier molecular flexibility index (Phi) is 4.48. The van der Waals surface area contributed by atoms with Crippen LogP contribution in [0.3, 0.4) is 0 Å². The zero-order valence-corrected chi connectivity index (χ0v) is 13.6. The molecule has 118 valence electrons. The highest BCUT2D eigenvalue weighted by molar-refractivity contribution is 5.59. The average Bonchev–Trinajstić information content (AvgIpc) is 3.04. The summed E-state index contributed by atoms with van der Waals surface area (Å²) in [5, 5.41) is 3.45. The first kappa shape index (κ1) is 15.1. The molecule has 0 aliphatic carbocycles. The molecule has 0 amide bonds. The molecule has 1 N–H and O–H groups in total. The number of nitrogens with zero attached hydrogens (tertiary/aromatic N) is 1. The summed E-state index contributed by atoms with van der Waals surface area (Å²) in [6, 6.07) is 6.08. The van der Waals surface area contributed by atoms with Crippen molar-refractivity contribution in [3.05, 3.63) is 35.9 Å². The summed E-state index contributed by atoms with van der Waals surface area (Å²) in [4.78, 5) is 4.55. The van der Waals surface area contributed by atoms with E-state index in [9.17, 15) is 0 Å². The summed E-state index contributed by atoms with van der Waals surface area (Å²) < 4.78 is 11.4. The van der Waals surface area contributed by atoms with Gasteiger partial charge >= 0.3 is 0 Å². The van der Waals surface area contributed by atoms with Gasteiger partial charge in [0.25, 0.3) is 0 Å². The smallest absolute Gasteiger partial charge is 0.199 e. The largest absolute Gasteiger partial charge is 0.496 e. The Bertz CT molecular complexity index is 636. The average molecular weight is 300 g/mol.